The van der Waals surface area contributed by atoms with Crippen LogP contribution in [0, 0.1) is 0 Å². The minimum Gasteiger partial charge on any atom is -0.461 e. The van der Waals surface area contributed by atoms with E-state index < -0.39 is 0 Å². The summed E-state index contributed by atoms with van der Waals surface area (Å²) in [6, 6.07) is 0.462. The number of nitrogens with zero attached hydrogens (tertiary/aromatic N) is 1. The van der Waals surface area contributed by atoms with Gasteiger partial charge in [0.1, 0.15) is 6.10 Å². The van der Waals surface area contributed by atoms with Crippen LogP contribution in [0.3, 0.4) is 0 Å². The van der Waals surface area contributed by atoms with E-state index >= 15 is 0 Å². The Bertz CT molecular complexity index is 145. The fraction of sp³-hybridized carbons (Fsp3) is 0.857. The highest BCUT2D eigenvalue weighted by molar-refractivity contribution is 5.66. The highest BCUT2D eigenvalue weighted by Gasteiger charge is 2.41. The van der Waals surface area contributed by atoms with Gasteiger partial charge in [0, 0.05) is 19.4 Å². The fourth-order valence-corrected chi connectivity index (χ4v) is 1.04. The Labute approximate surface area is 61.0 Å². The highest BCUT2D eigenvalue weighted by Crippen LogP contribution is 2.29. The summed E-state index contributed by atoms with van der Waals surface area (Å²) in [7, 11) is 3.99. The molecular weight excluding hydrogens is 130 g/mol. The van der Waals surface area contributed by atoms with Crippen LogP contribution >= 0.6 is 0 Å². The van der Waals surface area contributed by atoms with Gasteiger partial charge in [-0.3, -0.25) is 4.79 Å². The van der Waals surface area contributed by atoms with Crippen molar-refractivity contribution >= 4 is 5.97 Å². The first-order chi connectivity index (χ1) is 4.61. The summed E-state index contributed by atoms with van der Waals surface area (Å²) in [6.45, 7) is 1.45. The normalized spacial score (nSPS) is 30.4. The van der Waals surface area contributed by atoms with Crippen molar-refractivity contribution < 1.29 is 9.53 Å². The van der Waals surface area contributed by atoms with Gasteiger partial charge < -0.3 is 9.64 Å². The molecule has 0 heterocycles. The quantitative estimate of drug-likeness (QED) is 0.519. The van der Waals surface area contributed by atoms with Gasteiger partial charge in [-0.05, 0) is 14.1 Å². The molecule has 3 heteroatoms. The van der Waals surface area contributed by atoms with Gasteiger partial charge >= 0.3 is 5.97 Å². The molecule has 10 heavy (non-hydrogen) atoms. The van der Waals surface area contributed by atoms with Gasteiger partial charge in [-0.15, -0.1) is 0 Å². The lowest BCUT2D eigenvalue weighted by atomic mass is 10.6. The lowest BCUT2D eigenvalue weighted by molar-refractivity contribution is -0.142. The first-order valence-corrected chi connectivity index (χ1v) is 3.45. The lowest BCUT2D eigenvalue weighted by Gasteiger charge is -2.07. The summed E-state index contributed by atoms with van der Waals surface area (Å²) >= 11 is 0. The third-order valence-electron chi connectivity index (χ3n) is 1.68. The third kappa shape index (κ3) is 1.70. The summed E-state index contributed by atoms with van der Waals surface area (Å²) in [4.78, 5) is 12.5. The molecule has 58 valence electrons. The van der Waals surface area contributed by atoms with E-state index in [1.807, 2.05) is 14.1 Å². The molecule has 1 saturated carbocycles. The predicted octanol–water partition coefficient (Wildman–Crippen LogP) is 0.252. The first-order valence-electron chi connectivity index (χ1n) is 3.45. The Balaban J connectivity index is 2.19. The van der Waals surface area contributed by atoms with Crippen LogP contribution < -0.4 is 0 Å². The molecule has 0 aromatic carbocycles. The van der Waals surface area contributed by atoms with Crippen molar-refractivity contribution in [3.8, 4) is 0 Å². The van der Waals surface area contributed by atoms with Crippen LogP contribution in [-0.2, 0) is 9.53 Å². The maximum absolute atomic E-state index is 10.4. The molecule has 0 N–H and O–H groups in total. The van der Waals surface area contributed by atoms with Crippen molar-refractivity contribution in [1.29, 1.82) is 0 Å². The van der Waals surface area contributed by atoms with Crippen molar-refractivity contribution in [3.05, 3.63) is 0 Å². The molecule has 0 bridgehead atoms. The van der Waals surface area contributed by atoms with Crippen molar-refractivity contribution in [1.82, 2.24) is 4.90 Å². The molecule has 1 aliphatic rings. The average molecular weight is 143 g/mol. The third-order valence-corrected chi connectivity index (χ3v) is 1.68. The van der Waals surface area contributed by atoms with Crippen LogP contribution in [-0.4, -0.2) is 37.1 Å². The molecule has 0 aromatic rings. The summed E-state index contributed by atoms with van der Waals surface area (Å²) in [5, 5.41) is 0. The zero-order chi connectivity index (χ0) is 7.72. The average Bonchev–Trinajstić information content (AvgIpc) is 2.43. The van der Waals surface area contributed by atoms with E-state index in [-0.39, 0.29) is 12.1 Å². The number of likely N-dealkylation sites (N-methyl/N-ethyl adjacent to an activating group) is 1. The van der Waals surface area contributed by atoms with Gasteiger partial charge in [-0.25, -0.2) is 0 Å². The minimum atomic E-state index is -0.172. The van der Waals surface area contributed by atoms with Crippen molar-refractivity contribution in [2.24, 2.45) is 0 Å². The Morgan fingerprint density at radius 2 is 2.20 bits per heavy atom. The van der Waals surface area contributed by atoms with E-state index in [0.29, 0.717) is 6.04 Å². The molecule has 1 fully saturated rings. The summed E-state index contributed by atoms with van der Waals surface area (Å²) in [5.74, 6) is -0.172. The lowest BCUT2D eigenvalue weighted by Crippen LogP contribution is -2.19. The second-order valence-corrected chi connectivity index (χ2v) is 2.91. The molecule has 0 amide bonds. The maximum Gasteiger partial charge on any atom is 0.302 e. The van der Waals surface area contributed by atoms with Gasteiger partial charge in [-0.2, -0.15) is 0 Å². The topological polar surface area (TPSA) is 29.5 Å². The summed E-state index contributed by atoms with van der Waals surface area (Å²) in [5.41, 5.74) is 0. The first kappa shape index (κ1) is 7.54. The smallest absolute Gasteiger partial charge is 0.302 e. The van der Waals surface area contributed by atoms with E-state index in [9.17, 15) is 4.79 Å². The van der Waals surface area contributed by atoms with Crippen molar-refractivity contribution in [2.45, 2.75) is 25.5 Å². The van der Waals surface area contributed by atoms with Crippen LogP contribution in [0.2, 0.25) is 0 Å². The van der Waals surface area contributed by atoms with Crippen molar-refractivity contribution in [3.63, 3.8) is 0 Å². The number of carbonyl (C=O) groups is 1. The summed E-state index contributed by atoms with van der Waals surface area (Å²) in [6.07, 6.45) is 1.15. The van der Waals surface area contributed by atoms with Gasteiger partial charge in [0.15, 0.2) is 0 Å². The molecule has 0 aliphatic heterocycles. The number of rotatable bonds is 2. The Kier molecular flexibility index (Phi) is 1.94. The van der Waals surface area contributed by atoms with E-state index in [1.54, 1.807) is 0 Å². The molecule has 0 aromatic heterocycles. The van der Waals surface area contributed by atoms with Crippen LogP contribution in [0.25, 0.3) is 0 Å². The number of ether oxygens (including phenoxy) is 1. The van der Waals surface area contributed by atoms with Gasteiger partial charge in [0.2, 0.25) is 0 Å². The predicted molar refractivity (Wildman–Crippen MR) is 37.6 cm³/mol. The Morgan fingerprint density at radius 3 is 2.50 bits per heavy atom. The van der Waals surface area contributed by atoms with Crippen LogP contribution in [0.15, 0.2) is 0 Å². The molecule has 1 rings (SSSR count). The molecule has 0 saturated heterocycles. The van der Waals surface area contributed by atoms with E-state index in [2.05, 4.69) is 4.90 Å². The second-order valence-electron chi connectivity index (χ2n) is 2.91. The number of hydrogen-bond acceptors (Lipinski definition) is 3. The molecule has 2 atom stereocenters. The summed E-state index contributed by atoms with van der Waals surface area (Å²) < 4.78 is 4.95. The Morgan fingerprint density at radius 1 is 1.60 bits per heavy atom. The monoisotopic (exact) mass is 143 g/mol. The minimum absolute atomic E-state index is 0.160. The molecule has 1 aliphatic carbocycles. The Hall–Kier alpha value is -0.570. The number of esters is 1. The number of hydrogen-bond donors (Lipinski definition) is 0. The SMILES string of the molecule is CC(=O)O[C@H]1C[C@H]1N(C)C. The maximum atomic E-state index is 10.4. The molecular formula is C7H13NO2. The second kappa shape index (κ2) is 2.58. The molecule has 0 unspecified atom stereocenters. The van der Waals surface area contributed by atoms with Gasteiger partial charge in [0.05, 0.1) is 0 Å². The zero-order valence-corrected chi connectivity index (χ0v) is 6.63. The van der Waals surface area contributed by atoms with Crippen LogP contribution in [0.4, 0.5) is 0 Å². The zero-order valence-electron chi connectivity index (χ0n) is 6.63. The van der Waals surface area contributed by atoms with E-state index in [4.69, 9.17) is 4.74 Å². The molecule has 0 radical (unpaired) electrons. The molecule has 0 spiro atoms. The van der Waals surface area contributed by atoms with Gasteiger partial charge in [-0.1, -0.05) is 0 Å². The van der Waals surface area contributed by atoms with E-state index in [1.165, 1.54) is 6.92 Å². The van der Waals surface area contributed by atoms with E-state index in [0.717, 1.165) is 6.42 Å². The van der Waals surface area contributed by atoms with Crippen LogP contribution in [0.1, 0.15) is 13.3 Å². The number of carbonyl (C=O) groups excluding carboxylic acids is 1. The largest absolute Gasteiger partial charge is 0.461 e. The van der Waals surface area contributed by atoms with Crippen molar-refractivity contribution in [2.75, 3.05) is 14.1 Å². The molecule has 3 nitrogen and oxygen atoms in total. The highest BCUT2D eigenvalue weighted by atomic mass is 16.5. The fourth-order valence-electron chi connectivity index (χ4n) is 1.04. The van der Waals surface area contributed by atoms with Crippen LogP contribution in [0.5, 0.6) is 0 Å². The van der Waals surface area contributed by atoms with Gasteiger partial charge in [0.25, 0.3) is 0 Å². The standard InChI is InChI=1S/C7H13NO2/c1-5(9)10-7-4-6(7)8(2)3/h6-7H,4H2,1-3H3/t6-,7+/m1/s1.